The van der Waals surface area contributed by atoms with Crippen molar-refractivity contribution in [2.24, 2.45) is 5.92 Å². The van der Waals surface area contributed by atoms with Crippen molar-refractivity contribution in [3.05, 3.63) is 41.7 Å². The molecule has 0 aromatic carbocycles. The first-order chi connectivity index (χ1) is 7.84. The highest BCUT2D eigenvalue weighted by Gasteiger charge is 2.17. The van der Waals surface area contributed by atoms with Crippen LogP contribution in [0.1, 0.15) is 17.7 Å². The van der Waals surface area contributed by atoms with E-state index in [2.05, 4.69) is 47.1 Å². The second kappa shape index (κ2) is 3.95. The van der Waals surface area contributed by atoms with Gasteiger partial charge in [-0.1, -0.05) is 6.07 Å². The van der Waals surface area contributed by atoms with Crippen molar-refractivity contribution < 1.29 is 0 Å². The Morgan fingerprint density at radius 2 is 2.38 bits per heavy atom. The predicted octanol–water partition coefficient (Wildman–Crippen LogP) is 2.40. The predicted molar refractivity (Wildman–Crippen MR) is 66.8 cm³/mol. The van der Waals surface area contributed by atoms with Crippen molar-refractivity contribution in [1.29, 1.82) is 0 Å². The van der Waals surface area contributed by atoms with E-state index in [4.69, 9.17) is 0 Å². The number of fused-ring (bicyclic) bond motifs is 1. The van der Waals surface area contributed by atoms with Gasteiger partial charge in [-0.05, 0) is 62.5 Å². The topological polar surface area (TPSA) is 16.4 Å². The highest BCUT2D eigenvalue weighted by atomic mass is 14.9. The van der Waals surface area contributed by atoms with E-state index in [1.165, 1.54) is 42.7 Å². The maximum absolute atomic E-state index is 3.44. The van der Waals surface area contributed by atoms with Crippen molar-refractivity contribution in [2.75, 3.05) is 13.1 Å². The molecule has 0 radical (unpaired) electrons. The molecule has 2 aromatic heterocycles. The molecular formula is C14H18N2. The Bertz CT molecular complexity index is 492. The van der Waals surface area contributed by atoms with Gasteiger partial charge in [0.2, 0.25) is 0 Å². The zero-order valence-corrected chi connectivity index (χ0v) is 9.74. The van der Waals surface area contributed by atoms with Gasteiger partial charge in [-0.25, -0.2) is 0 Å². The van der Waals surface area contributed by atoms with Crippen molar-refractivity contribution in [1.82, 2.24) is 9.72 Å². The number of hydrogen-bond acceptors (Lipinski definition) is 1. The molecule has 1 N–H and O–H groups in total. The van der Waals surface area contributed by atoms with E-state index in [-0.39, 0.29) is 0 Å². The maximum Gasteiger partial charge on any atom is 0.0455 e. The molecular weight excluding hydrogens is 196 g/mol. The smallest absolute Gasteiger partial charge is 0.0455 e. The molecule has 84 valence electrons. The molecule has 0 bridgehead atoms. The van der Waals surface area contributed by atoms with Crippen LogP contribution in [0.4, 0.5) is 0 Å². The second-order valence-corrected chi connectivity index (χ2v) is 4.83. The molecule has 1 saturated heterocycles. The molecule has 0 amide bonds. The molecule has 2 aromatic rings. The number of nitrogens with zero attached hydrogens (tertiary/aromatic N) is 1. The molecule has 3 rings (SSSR count). The summed E-state index contributed by atoms with van der Waals surface area (Å²) >= 11 is 0. The summed E-state index contributed by atoms with van der Waals surface area (Å²) in [5.41, 5.74) is 4.24. The van der Waals surface area contributed by atoms with Gasteiger partial charge in [0.05, 0.1) is 0 Å². The van der Waals surface area contributed by atoms with Gasteiger partial charge < -0.3 is 9.72 Å². The summed E-state index contributed by atoms with van der Waals surface area (Å²) in [6, 6.07) is 8.69. The SMILES string of the molecule is Cc1cc2ccccn2c1CC1CCNC1. The van der Waals surface area contributed by atoms with Crippen LogP contribution >= 0.6 is 0 Å². The number of aromatic nitrogens is 1. The lowest BCUT2D eigenvalue weighted by atomic mass is 10.0. The minimum atomic E-state index is 0.817. The molecule has 16 heavy (non-hydrogen) atoms. The Morgan fingerprint density at radius 1 is 1.44 bits per heavy atom. The largest absolute Gasteiger partial charge is 0.321 e. The monoisotopic (exact) mass is 214 g/mol. The van der Waals surface area contributed by atoms with E-state index >= 15 is 0 Å². The lowest BCUT2D eigenvalue weighted by Gasteiger charge is -2.09. The Balaban J connectivity index is 1.98. The highest BCUT2D eigenvalue weighted by Crippen LogP contribution is 2.21. The molecule has 1 fully saturated rings. The fraction of sp³-hybridized carbons (Fsp3) is 0.429. The van der Waals surface area contributed by atoms with Gasteiger partial charge in [0, 0.05) is 17.4 Å². The van der Waals surface area contributed by atoms with Gasteiger partial charge in [0.1, 0.15) is 0 Å². The summed E-state index contributed by atoms with van der Waals surface area (Å²) in [7, 11) is 0. The number of pyridine rings is 1. The molecule has 1 unspecified atom stereocenters. The highest BCUT2D eigenvalue weighted by molar-refractivity contribution is 5.53. The van der Waals surface area contributed by atoms with Crippen molar-refractivity contribution >= 4 is 5.52 Å². The number of hydrogen-bond donors (Lipinski definition) is 1. The Hall–Kier alpha value is -1.28. The third-order valence-corrected chi connectivity index (χ3v) is 3.65. The third-order valence-electron chi connectivity index (χ3n) is 3.65. The van der Waals surface area contributed by atoms with Crippen LogP contribution in [0.3, 0.4) is 0 Å². The van der Waals surface area contributed by atoms with Crippen LogP contribution in [-0.2, 0) is 6.42 Å². The minimum Gasteiger partial charge on any atom is -0.321 e. The zero-order valence-electron chi connectivity index (χ0n) is 9.74. The molecule has 1 aliphatic heterocycles. The molecule has 2 nitrogen and oxygen atoms in total. The van der Waals surface area contributed by atoms with E-state index < -0.39 is 0 Å². The van der Waals surface area contributed by atoms with Crippen LogP contribution < -0.4 is 5.32 Å². The van der Waals surface area contributed by atoms with Crippen LogP contribution in [0.15, 0.2) is 30.5 Å². The fourth-order valence-electron chi connectivity index (χ4n) is 2.74. The first-order valence-electron chi connectivity index (χ1n) is 6.11. The van der Waals surface area contributed by atoms with Crippen LogP contribution in [0, 0.1) is 12.8 Å². The molecule has 2 heteroatoms. The number of aryl methyl sites for hydroxylation is 1. The lowest BCUT2D eigenvalue weighted by molar-refractivity contribution is 0.568. The minimum absolute atomic E-state index is 0.817. The molecule has 0 saturated carbocycles. The van der Waals surface area contributed by atoms with Gasteiger partial charge in [0.25, 0.3) is 0 Å². The van der Waals surface area contributed by atoms with E-state index in [1.54, 1.807) is 0 Å². The molecule has 3 heterocycles. The summed E-state index contributed by atoms with van der Waals surface area (Å²) in [4.78, 5) is 0. The number of rotatable bonds is 2. The molecule has 1 atom stereocenters. The van der Waals surface area contributed by atoms with Crippen molar-refractivity contribution in [2.45, 2.75) is 19.8 Å². The van der Waals surface area contributed by atoms with E-state index in [9.17, 15) is 0 Å². The fourth-order valence-corrected chi connectivity index (χ4v) is 2.74. The summed E-state index contributed by atoms with van der Waals surface area (Å²) in [6.45, 7) is 4.59. The Kier molecular flexibility index (Phi) is 2.44. The van der Waals surface area contributed by atoms with E-state index in [0.29, 0.717) is 0 Å². The second-order valence-electron chi connectivity index (χ2n) is 4.83. The van der Waals surface area contributed by atoms with Gasteiger partial charge in [-0.15, -0.1) is 0 Å². The maximum atomic E-state index is 3.44. The number of nitrogens with one attached hydrogen (secondary N) is 1. The average Bonchev–Trinajstić information content (AvgIpc) is 2.89. The summed E-state index contributed by atoms with van der Waals surface area (Å²) in [6.07, 6.45) is 4.70. The Morgan fingerprint density at radius 3 is 3.19 bits per heavy atom. The zero-order chi connectivity index (χ0) is 11.0. The first kappa shape index (κ1) is 9.91. The molecule has 0 aliphatic carbocycles. The summed E-state index contributed by atoms with van der Waals surface area (Å²) in [5, 5.41) is 3.44. The van der Waals surface area contributed by atoms with Crippen molar-refractivity contribution in [3.63, 3.8) is 0 Å². The van der Waals surface area contributed by atoms with E-state index in [1.807, 2.05) is 0 Å². The van der Waals surface area contributed by atoms with Crippen LogP contribution in [0.5, 0.6) is 0 Å². The standard InChI is InChI=1S/C14H18N2/c1-11-8-13-4-2-3-7-16(13)14(11)9-12-5-6-15-10-12/h2-4,7-8,12,15H,5-6,9-10H2,1H3. The van der Waals surface area contributed by atoms with Gasteiger partial charge in [-0.3, -0.25) is 0 Å². The van der Waals surface area contributed by atoms with Gasteiger partial charge in [0.15, 0.2) is 0 Å². The summed E-state index contributed by atoms with van der Waals surface area (Å²) in [5.74, 6) is 0.817. The first-order valence-corrected chi connectivity index (χ1v) is 6.11. The summed E-state index contributed by atoms with van der Waals surface area (Å²) < 4.78 is 2.34. The van der Waals surface area contributed by atoms with Crippen LogP contribution in [-0.4, -0.2) is 17.5 Å². The molecule has 0 spiro atoms. The lowest BCUT2D eigenvalue weighted by Crippen LogP contribution is -2.12. The van der Waals surface area contributed by atoms with Gasteiger partial charge >= 0.3 is 0 Å². The molecule has 1 aliphatic rings. The quantitative estimate of drug-likeness (QED) is 0.812. The van der Waals surface area contributed by atoms with Gasteiger partial charge in [-0.2, -0.15) is 0 Å². The average molecular weight is 214 g/mol. The Labute approximate surface area is 96.3 Å². The third kappa shape index (κ3) is 1.63. The van der Waals surface area contributed by atoms with Crippen LogP contribution in [0.25, 0.3) is 5.52 Å². The van der Waals surface area contributed by atoms with E-state index in [0.717, 1.165) is 5.92 Å². The van der Waals surface area contributed by atoms with Crippen LogP contribution in [0.2, 0.25) is 0 Å². The normalized spacial score (nSPS) is 20.7. The van der Waals surface area contributed by atoms with Crippen molar-refractivity contribution in [3.8, 4) is 0 Å².